The summed E-state index contributed by atoms with van der Waals surface area (Å²) in [6.45, 7) is 2.11. The Bertz CT molecular complexity index is 1220. The molecule has 0 saturated carbocycles. The van der Waals surface area contributed by atoms with E-state index in [1.54, 1.807) is 0 Å². The highest BCUT2D eigenvalue weighted by molar-refractivity contribution is 6.01. The molecule has 5 rings (SSSR count). The fourth-order valence-electron chi connectivity index (χ4n) is 5.18. The van der Waals surface area contributed by atoms with E-state index in [1.165, 1.54) is 24.9 Å². The first kappa shape index (κ1) is 23.5. The Kier molecular flexibility index (Phi) is 6.58. The number of aromatic nitrogens is 2. The Morgan fingerprint density at radius 1 is 0.914 bits per heavy atom. The van der Waals surface area contributed by atoms with Gasteiger partial charge in [-0.3, -0.25) is 4.79 Å². The lowest BCUT2D eigenvalue weighted by Gasteiger charge is -2.28. The summed E-state index contributed by atoms with van der Waals surface area (Å²) in [7, 11) is 0. The first-order valence-corrected chi connectivity index (χ1v) is 12.3. The lowest BCUT2D eigenvalue weighted by atomic mass is 9.97. The number of benzene rings is 2. The number of hydrogen-bond donors (Lipinski definition) is 0. The molecule has 1 aliphatic carbocycles. The van der Waals surface area contributed by atoms with Gasteiger partial charge in [-0.25, -0.2) is 9.97 Å². The van der Waals surface area contributed by atoms with E-state index in [9.17, 15) is 18.0 Å². The van der Waals surface area contributed by atoms with Crippen molar-refractivity contribution < 1.29 is 18.0 Å². The zero-order valence-corrected chi connectivity index (χ0v) is 19.6. The highest BCUT2D eigenvalue weighted by Crippen LogP contribution is 2.32. The van der Waals surface area contributed by atoms with Gasteiger partial charge in [-0.15, -0.1) is 0 Å². The highest BCUT2D eigenvalue weighted by Gasteiger charge is 2.35. The Hall–Kier alpha value is -3.22. The van der Waals surface area contributed by atoms with Crippen molar-refractivity contribution >= 4 is 11.5 Å². The summed E-state index contributed by atoms with van der Waals surface area (Å²) in [5, 5.41) is 0. The van der Waals surface area contributed by atoms with Crippen molar-refractivity contribution in [1.82, 2.24) is 9.97 Å². The van der Waals surface area contributed by atoms with Crippen molar-refractivity contribution in [2.24, 2.45) is 0 Å². The molecule has 35 heavy (non-hydrogen) atoms. The number of halogens is 3. The van der Waals surface area contributed by atoms with Crippen molar-refractivity contribution in [3.63, 3.8) is 0 Å². The normalized spacial score (nSPS) is 16.0. The first-order valence-electron chi connectivity index (χ1n) is 12.3. The summed E-state index contributed by atoms with van der Waals surface area (Å²) in [6.07, 6.45) is 2.00. The molecule has 1 fully saturated rings. The molecule has 1 saturated heterocycles. The number of fused-ring (bicyclic) bond motifs is 1. The number of carbonyl (C=O) groups is 1. The molecular weight excluding hydrogens is 451 g/mol. The molecule has 0 atom stereocenters. The molecule has 0 spiro atoms. The number of ketones is 1. The number of alkyl halides is 3. The van der Waals surface area contributed by atoms with Gasteiger partial charge >= 0.3 is 6.18 Å². The molecule has 7 heteroatoms. The summed E-state index contributed by atoms with van der Waals surface area (Å²) in [5.74, 6) is 0.441. The van der Waals surface area contributed by atoms with Crippen LogP contribution in [0, 0.1) is 0 Å². The van der Waals surface area contributed by atoms with E-state index in [2.05, 4.69) is 27.0 Å². The zero-order valence-electron chi connectivity index (χ0n) is 19.6. The molecule has 1 aliphatic heterocycles. The molecule has 1 aromatic heterocycles. The quantitative estimate of drug-likeness (QED) is 0.436. The molecular formula is C28H28F3N3O. The third-order valence-corrected chi connectivity index (χ3v) is 7.01. The van der Waals surface area contributed by atoms with Crippen molar-refractivity contribution in [2.45, 2.75) is 57.5 Å². The molecule has 3 aromatic rings. The van der Waals surface area contributed by atoms with E-state index < -0.39 is 11.7 Å². The average molecular weight is 480 g/mol. The van der Waals surface area contributed by atoms with Crippen LogP contribution in [0.5, 0.6) is 0 Å². The zero-order chi connectivity index (χ0) is 24.4. The lowest BCUT2D eigenvalue weighted by molar-refractivity contribution is -0.138. The second-order valence-corrected chi connectivity index (χ2v) is 9.41. The van der Waals surface area contributed by atoms with E-state index in [1.807, 2.05) is 30.3 Å². The minimum Gasteiger partial charge on any atom is -0.372 e. The Balaban J connectivity index is 1.35. The molecule has 2 aliphatic rings. The van der Waals surface area contributed by atoms with Crippen LogP contribution >= 0.6 is 0 Å². The van der Waals surface area contributed by atoms with Gasteiger partial charge in [0.25, 0.3) is 0 Å². The molecule has 182 valence electrons. The van der Waals surface area contributed by atoms with Gasteiger partial charge in [0.05, 0.1) is 11.3 Å². The van der Waals surface area contributed by atoms with E-state index >= 15 is 0 Å². The lowest BCUT2D eigenvalue weighted by Crippen LogP contribution is -2.29. The average Bonchev–Trinajstić information content (AvgIpc) is 3.24. The van der Waals surface area contributed by atoms with Crippen LogP contribution in [-0.2, 0) is 31.9 Å². The number of hydrogen-bond acceptors (Lipinski definition) is 4. The van der Waals surface area contributed by atoms with Crippen molar-refractivity contribution in [2.75, 3.05) is 18.0 Å². The molecule has 2 aromatic carbocycles. The molecule has 0 amide bonds. The number of aryl methyl sites for hydroxylation is 3. The van der Waals surface area contributed by atoms with Crippen LogP contribution in [0.4, 0.5) is 18.9 Å². The number of Topliss-reactive ketones (excluding diaryl/α,β-unsaturated/α-hetero) is 1. The third-order valence-electron chi connectivity index (χ3n) is 7.01. The maximum Gasteiger partial charge on any atom is 0.419 e. The van der Waals surface area contributed by atoms with Gasteiger partial charge < -0.3 is 4.90 Å². The number of piperidine rings is 1. The van der Waals surface area contributed by atoms with E-state index in [-0.39, 0.29) is 17.9 Å². The highest BCUT2D eigenvalue weighted by atomic mass is 19.4. The van der Waals surface area contributed by atoms with Gasteiger partial charge in [0.2, 0.25) is 0 Å². The van der Waals surface area contributed by atoms with Crippen molar-refractivity contribution in [1.29, 1.82) is 0 Å². The van der Waals surface area contributed by atoms with Gasteiger partial charge in [-0.05, 0) is 67.3 Å². The summed E-state index contributed by atoms with van der Waals surface area (Å²) in [5.41, 5.74) is 3.78. The molecule has 0 bridgehead atoms. The van der Waals surface area contributed by atoms with E-state index in [0.717, 1.165) is 36.0 Å². The Morgan fingerprint density at radius 2 is 1.69 bits per heavy atom. The molecule has 0 radical (unpaired) electrons. The second kappa shape index (κ2) is 9.80. The van der Waals surface area contributed by atoms with Crippen molar-refractivity contribution in [3.05, 3.63) is 88.0 Å². The number of nitrogens with zero attached hydrogens (tertiary/aromatic N) is 3. The Labute approximate surface area is 203 Å². The summed E-state index contributed by atoms with van der Waals surface area (Å²) < 4.78 is 41.1. The molecule has 0 unspecified atom stereocenters. The predicted molar refractivity (Wildman–Crippen MR) is 129 cm³/mol. The van der Waals surface area contributed by atoms with E-state index in [4.69, 9.17) is 0 Å². The van der Waals surface area contributed by atoms with Gasteiger partial charge in [-0.1, -0.05) is 30.3 Å². The summed E-state index contributed by atoms with van der Waals surface area (Å²) in [4.78, 5) is 23.1. The van der Waals surface area contributed by atoms with Crippen LogP contribution in [-0.4, -0.2) is 28.8 Å². The smallest absolute Gasteiger partial charge is 0.372 e. The van der Waals surface area contributed by atoms with Gasteiger partial charge in [-0.2, -0.15) is 13.2 Å². The van der Waals surface area contributed by atoms with Crippen LogP contribution in [0.1, 0.15) is 69.8 Å². The largest absolute Gasteiger partial charge is 0.419 e. The molecule has 2 heterocycles. The number of anilines is 1. The standard InChI is InChI=1S/C28H28F3N3O/c29-28(30,31)23-18-32-26(17-19-7-11-22(12-8-19)34-15-2-1-3-16-34)33-24(23)13-9-20-5-4-6-21-10-14-25(35)27(20)21/h4-8,11-12,18H,1-3,9-10,13-17H2. The maximum absolute atomic E-state index is 13.7. The second-order valence-electron chi connectivity index (χ2n) is 9.41. The van der Waals surface area contributed by atoms with Crippen LogP contribution in [0.3, 0.4) is 0 Å². The summed E-state index contributed by atoms with van der Waals surface area (Å²) >= 11 is 0. The van der Waals surface area contributed by atoms with Gasteiger partial charge in [0.15, 0.2) is 5.78 Å². The SMILES string of the molecule is O=C1CCc2cccc(CCc3nc(Cc4ccc(N5CCCCC5)cc4)ncc3C(F)(F)F)c21. The fourth-order valence-corrected chi connectivity index (χ4v) is 5.18. The predicted octanol–water partition coefficient (Wildman–Crippen LogP) is 5.99. The van der Waals surface area contributed by atoms with Crippen LogP contribution in [0.15, 0.2) is 48.7 Å². The third kappa shape index (κ3) is 5.24. The Morgan fingerprint density at radius 3 is 2.43 bits per heavy atom. The van der Waals surface area contributed by atoms with Crippen molar-refractivity contribution in [3.8, 4) is 0 Å². The van der Waals surface area contributed by atoms with Gasteiger partial charge in [0, 0.05) is 43.4 Å². The minimum atomic E-state index is -4.53. The van der Waals surface area contributed by atoms with Crippen LogP contribution < -0.4 is 4.90 Å². The maximum atomic E-state index is 13.7. The van der Waals surface area contributed by atoms with E-state index in [0.29, 0.717) is 37.1 Å². The van der Waals surface area contributed by atoms with Gasteiger partial charge in [0.1, 0.15) is 5.82 Å². The first-order chi connectivity index (χ1) is 16.9. The number of carbonyl (C=O) groups excluding carboxylic acids is 1. The topological polar surface area (TPSA) is 46.1 Å². The van der Waals surface area contributed by atoms with Crippen LogP contribution in [0.25, 0.3) is 0 Å². The number of rotatable bonds is 6. The fraction of sp³-hybridized carbons (Fsp3) is 0.393. The van der Waals surface area contributed by atoms with Crippen LogP contribution in [0.2, 0.25) is 0 Å². The minimum absolute atomic E-state index is 0.0181. The monoisotopic (exact) mass is 479 g/mol. The summed E-state index contributed by atoms with van der Waals surface area (Å²) in [6, 6.07) is 13.8. The molecule has 4 nitrogen and oxygen atoms in total. The molecule has 0 N–H and O–H groups in total.